The summed E-state index contributed by atoms with van der Waals surface area (Å²) in [4.78, 5) is 17.5. The van der Waals surface area contributed by atoms with E-state index in [0.29, 0.717) is 40.8 Å². The van der Waals surface area contributed by atoms with Crippen molar-refractivity contribution in [2.45, 2.75) is 33.8 Å². The SMILES string of the molecule is CCOc1cccn2c(C(=O)Nc3ccccc3OC(C)C)c(C)nc12. The third-order valence-corrected chi connectivity index (χ3v) is 3.80. The number of nitrogens with zero attached hydrogens (tertiary/aromatic N) is 2. The zero-order valence-electron chi connectivity index (χ0n) is 15.4. The summed E-state index contributed by atoms with van der Waals surface area (Å²) in [5.74, 6) is 1.04. The van der Waals surface area contributed by atoms with Crippen LogP contribution in [0.2, 0.25) is 0 Å². The van der Waals surface area contributed by atoms with Gasteiger partial charge in [-0.3, -0.25) is 9.20 Å². The van der Waals surface area contributed by atoms with E-state index in [-0.39, 0.29) is 12.0 Å². The van der Waals surface area contributed by atoms with E-state index in [2.05, 4.69) is 10.3 Å². The van der Waals surface area contributed by atoms with Gasteiger partial charge in [-0.1, -0.05) is 12.1 Å². The zero-order chi connectivity index (χ0) is 18.7. The highest BCUT2D eigenvalue weighted by Crippen LogP contribution is 2.27. The summed E-state index contributed by atoms with van der Waals surface area (Å²) in [6.45, 7) is 8.16. The van der Waals surface area contributed by atoms with Gasteiger partial charge < -0.3 is 14.8 Å². The number of aryl methyl sites for hydroxylation is 1. The highest BCUT2D eigenvalue weighted by atomic mass is 16.5. The molecule has 0 aliphatic heterocycles. The quantitative estimate of drug-likeness (QED) is 0.725. The van der Waals surface area contributed by atoms with Crippen molar-refractivity contribution in [2.75, 3.05) is 11.9 Å². The van der Waals surface area contributed by atoms with Gasteiger partial charge in [-0.15, -0.1) is 0 Å². The van der Waals surface area contributed by atoms with Crippen LogP contribution in [0.1, 0.15) is 37.0 Å². The normalized spacial score (nSPS) is 11.0. The minimum Gasteiger partial charge on any atom is -0.490 e. The molecule has 136 valence electrons. The number of imidazole rings is 1. The third-order valence-electron chi connectivity index (χ3n) is 3.80. The van der Waals surface area contributed by atoms with Gasteiger partial charge in [0.2, 0.25) is 0 Å². The predicted molar refractivity (Wildman–Crippen MR) is 101 cm³/mol. The van der Waals surface area contributed by atoms with Crippen molar-refractivity contribution in [3.05, 3.63) is 54.0 Å². The molecule has 0 unspecified atom stereocenters. The molecule has 6 heteroatoms. The van der Waals surface area contributed by atoms with Gasteiger partial charge >= 0.3 is 0 Å². The van der Waals surface area contributed by atoms with Crippen molar-refractivity contribution >= 4 is 17.2 Å². The van der Waals surface area contributed by atoms with Crippen molar-refractivity contribution in [2.24, 2.45) is 0 Å². The van der Waals surface area contributed by atoms with Crippen LogP contribution in [0.4, 0.5) is 5.69 Å². The summed E-state index contributed by atoms with van der Waals surface area (Å²) in [5.41, 5.74) is 2.36. The third kappa shape index (κ3) is 3.49. The number of hydrogen-bond donors (Lipinski definition) is 1. The second-order valence-electron chi connectivity index (χ2n) is 6.16. The minimum atomic E-state index is -0.247. The zero-order valence-corrected chi connectivity index (χ0v) is 15.4. The van der Waals surface area contributed by atoms with Crippen molar-refractivity contribution < 1.29 is 14.3 Å². The first kappa shape index (κ1) is 17.8. The van der Waals surface area contributed by atoms with Crippen LogP contribution in [-0.2, 0) is 0 Å². The summed E-state index contributed by atoms with van der Waals surface area (Å²) in [7, 11) is 0. The highest BCUT2D eigenvalue weighted by Gasteiger charge is 2.20. The number of aromatic nitrogens is 2. The van der Waals surface area contributed by atoms with Gasteiger partial charge in [-0.25, -0.2) is 4.98 Å². The molecule has 0 saturated heterocycles. The highest BCUT2D eigenvalue weighted by molar-refractivity contribution is 6.05. The lowest BCUT2D eigenvalue weighted by atomic mass is 10.2. The molecule has 0 bridgehead atoms. The molecule has 6 nitrogen and oxygen atoms in total. The van der Waals surface area contributed by atoms with E-state index in [1.54, 1.807) is 4.40 Å². The van der Waals surface area contributed by atoms with Crippen molar-refractivity contribution in [1.29, 1.82) is 0 Å². The van der Waals surface area contributed by atoms with Gasteiger partial charge in [-0.2, -0.15) is 0 Å². The van der Waals surface area contributed by atoms with Crippen LogP contribution in [-0.4, -0.2) is 28.0 Å². The molecule has 0 fully saturated rings. The largest absolute Gasteiger partial charge is 0.490 e. The number of benzene rings is 1. The standard InChI is InChI=1S/C20H23N3O3/c1-5-25-17-11-8-12-23-18(14(4)21-19(17)23)20(24)22-15-9-6-7-10-16(15)26-13(2)3/h6-13H,5H2,1-4H3,(H,22,24). The molecule has 0 aliphatic rings. The molecule has 0 aliphatic carbocycles. The van der Waals surface area contributed by atoms with E-state index in [4.69, 9.17) is 9.47 Å². The first-order valence-corrected chi connectivity index (χ1v) is 8.68. The number of anilines is 1. The van der Waals surface area contributed by atoms with Gasteiger partial charge in [0.15, 0.2) is 11.4 Å². The molecule has 0 radical (unpaired) electrons. The molecule has 2 heterocycles. The van der Waals surface area contributed by atoms with Crippen molar-refractivity contribution in [3.8, 4) is 11.5 Å². The first-order chi connectivity index (χ1) is 12.5. The van der Waals surface area contributed by atoms with E-state index >= 15 is 0 Å². The number of para-hydroxylation sites is 2. The van der Waals surface area contributed by atoms with Gasteiger partial charge in [0, 0.05) is 6.20 Å². The summed E-state index contributed by atoms with van der Waals surface area (Å²) >= 11 is 0. The van der Waals surface area contributed by atoms with Gasteiger partial charge in [0.05, 0.1) is 24.1 Å². The molecule has 3 aromatic rings. The molecule has 2 aromatic heterocycles. The number of carbonyl (C=O) groups is 1. The van der Waals surface area contributed by atoms with E-state index in [0.717, 1.165) is 0 Å². The predicted octanol–water partition coefficient (Wildman–Crippen LogP) is 4.08. The van der Waals surface area contributed by atoms with Crippen LogP contribution in [0, 0.1) is 6.92 Å². The molecule has 0 saturated carbocycles. The summed E-state index contributed by atoms with van der Waals surface area (Å²) in [6.07, 6.45) is 1.82. The fourth-order valence-corrected chi connectivity index (χ4v) is 2.81. The summed E-state index contributed by atoms with van der Waals surface area (Å²) in [6, 6.07) is 11.1. The Hall–Kier alpha value is -3.02. The van der Waals surface area contributed by atoms with E-state index in [1.165, 1.54) is 0 Å². The van der Waals surface area contributed by atoms with Gasteiger partial charge in [0.1, 0.15) is 11.4 Å². The maximum atomic E-state index is 12.9. The first-order valence-electron chi connectivity index (χ1n) is 8.68. The van der Waals surface area contributed by atoms with Gasteiger partial charge in [0.25, 0.3) is 5.91 Å². The van der Waals surface area contributed by atoms with Crippen molar-refractivity contribution in [1.82, 2.24) is 9.38 Å². The van der Waals surface area contributed by atoms with Crippen LogP contribution < -0.4 is 14.8 Å². The Kier molecular flexibility index (Phi) is 5.11. The monoisotopic (exact) mass is 353 g/mol. The van der Waals surface area contributed by atoms with E-state index in [1.807, 2.05) is 70.3 Å². The lowest BCUT2D eigenvalue weighted by Gasteiger charge is -2.15. The second-order valence-corrected chi connectivity index (χ2v) is 6.16. The van der Waals surface area contributed by atoms with E-state index in [9.17, 15) is 4.79 Å². The topological polar surface area (TPSA) is 64.9 Å². The Morgan fingerprint density at radius 3 is 2.65 bits per heavy atom. The molecule has 0 atom stereocenters. The van der Waals surface area contributed by atoms with Crippen LogP contribution in [0.15, 0.2) is 42.6 Å². The Bertz CT molecular complexity index is 931. The van der Waals surface area contributed by atoms with E-state index < -0.39 is 0 Å². The Balaban J connectivity index is 1.97. The Morgan fingerprint density at radius 2 is 1.92 bits per heavy atom. The number of ether oxygens (including phenoxy) is 2. The number of hydrogen-bond acceptors (Lipinski definition) is 4. The lowest BCUT2D eigenvalue weighted by molar-refractivity contribution is 0.102. The average molecular weight is 353 g/mol. The molecule has 1 aromatic carbocycles. The fraction of sp³-hybridized carbons (Fsp3) is 0.300. The minimum absolute atomic E-state index is 0.0133. The maximum Gasteiger partial charge on any atom is 0.274 e. The number of rotatable bonds is 6. The number of amides is 1. The van der Waals surface area contributed by atoms with Crippen LogP contribution in [0.25, 0.3) is 5.65 Å². The second kappa shape index (κ2) is 7.47. The van der Waals surface area contributed by atoms with Crippen LogP contribution in [0.3, 0.4) is 0 Å². The average Bonchev–Trinajstić information content (AvgIpc) is 2.93. The molecule has 1 amide bonds. The number of nitrogens with one attached hydrogen (secondary N) is 1. The Morgan fingerprint density at radius 1 is 1.19 bits per heavy atom. The molecule has 1 N–H and O–H groups in total. The number of carbonyl (C=O) groups excluding carboxylic acids is 1. The van der Waals surface area contributed by atoms with Crippen LogP contribution in [0.5, 0.6) is 11.5 Å². The summed E-state index contributed by atoms with van der Waals surface area (Å²) < 4.78 is 13.1. The maximum absolute atomic E-state index is 12.9. The number of pyridine rings is 1. The summed E-state index contributed by atoms with van der Waals surface area (Å²) in [5, 5.41) is 2.94. The van der Waals surface area contributed by atoms with Crippen LogP contribution >= 0.6 is 0 Å². The smallest absolute Gasteiger partial charge is 0.274 e. The molecule has 0 spiro atoms. The fourth-order valence-electron chi connectivity index (χ4n) is 2.81. The molecular weight excluding hydrogens is 330 g/mol. The molecular formula is C20H23N3O3. The lowest BCUT2D eigenvalue weighted by Crippen LogP contribution is -2.17. The molecule has 26 heavy (non-hydrogen) atoms. The number of fused-ring (bicyclic) bond motifs is 1. The Labute approximate surface area is 152 Å². The van der Waals surface area contributed by atoms with Gasteiger partial charge in [-0.05, 0) is 52.0 Å². The van der Waals surface area contributed by atoms with Crippen molar-refractivity contribution in [3.63, 3.8) is 0 Å². The molecule has 3 rings (SSSR count).